The highest BCUT2D eigenvalue weighted by molar-refractivity contribution is 9.10. The van der Waals surface area contributed by atoms with Crippen LogP contribution in [0.2, 0.25) is 0 Å². The van der Waals surface area contributed by atoms with E-state index in [1.54, 1.807) is 6.26 Å². The third-order valence-electron chi connectivity index (χ3n) is 2.80. The topological polar surface area (TPSA) is 45.5 Å². The molecule has 0 spiro atoms. The van der Waals surface area contributed by atoms with E-state index < -0.39 is 0 Å². The summed E-state index contributed by atoms with van der Waals surface area (Å²) in [6.45, 7) is 4.55. The molecule has 2 atom stereocenters. The lowest BCUT2D eigenvalue weighted by atomic mass is 10.1. The Bertz CT molecular complexity index is 363. The lowest BCUT2D eigenvalue weighted by Gasteiger charge is -2.23. The van der Waals surface area contributed by atoms with Gasteiger partial charge >= 0.3 is 0 Å². The predicted molar refractivity (Wildman–Crippen MR) is 75.7 cm³/mol. The first-order valence-corrected chi connectivity index (χ1v) is 6.96. The highest BCUT2D eigenvalue weighted by Crippen LogP contribution is 2.18. The molecule has 4 nitrogen and oxygen atoms in total. The average molecular weight is 317 g/mol. The van der Waals surface area contributed by atoms with Crippen LogP contribution in [0, 0.1) is 5.92 Å². The molecule has 2 unspecified atom stereocenters. The fraction of sp³-hybridized carbons (Fsp3) is 0.615. The maximum Gasteiger partial charge on any atom is 0.234 e. The number of carbonyl (C=O) groups excluding carboxylic acids is 1. The van der Waals surface area contributed by atoms with Crippen molar-refractivity contribution in [1.29, 1.82) is 0 Å². The highest BCUT2D eigenvalue weighted by atomic mass is 79.9. The van der Waals surface area contributed by atoms with E-state index in [-0.39, 0.29) is 22.7 Å². The Balaban J connectivity index is 2.57. The van der Waals surface area contributed by atoms with Crippen molar-refractivity contribution >= 4 is 21.8 Å². The molecule has 0 radical (unpaired) electrons. The molecule has 1 aromatic heterocycles. The maximum atomic E-state index is 11.9. The van der Waals surface area contributed by atoms with Gasteiger partial charge in [0, 0.05) is 6.54 Å². The molecule has 1 heterocycles. The summed E-state index contributed by atoms with van der Waals surface area (Å²) in [5, 5.41) is 2.95. The number of nitrogens with one attached hydrogen (secondary N) is 1. The average Bonchev–Trinajstić information content (AvgIpc) is 2.81. The number of hydrogen-bond donors (Lipinski definition) is 1. The largest absolute Gasteiger partial charge is 0.468 e. The lowest BCUT2D eigenvalue weighted by molar-refractivity contribution is -0.121. The molecule has 1 N–H and O–H groups in total. The van der Waals surface area contributed by atoms with Crippen molar-refractivity contribution in [3.63, 3.8) is 0 Å². The number of amides is 1. The minimum atomic E-state index is -0.156. The van der Waals surface area contributed by atoms with Crippen LogP contribution >= 0.6 is 15.9 Å². The first-order chi connectivity index (χ1) is 8.43. The molecular formula is C13H21BrN2O2. The standard InChI is InChI=1S/C13H21BrN2O2/c1-9(2)12(14)13(17)15-8-10(16(3)4)11-6-5-7-18-11/h5-7,9-10,12H,8H2,1-4H3,(H,15,17). The Morgan fingerprint density at radius 2 is 2.17 bits per heavy atom. The molecule has 0 bridgehead atoms. The molecular weight excluding hydrogens is 296 g/mol. The van der Waals surface area contributed by atoms with Gasteiger partial charge in [0.25, 0.3) is 0 Å². The Morgan fingerprint density at radius 3 is 2.61 bits per heavy atom. The molecule has 0 fully saturated rings. The minimum Gasteiger partial charge on any atom is -0.468 e. The normalized spacial score (nSPS) is 14.8. The molecule has 1 aromatic rings. The van der Waals surface area contributed by atoms with E-state index in [1.807, 2.05) is 45.0 Å². The van der Waals surface area contributed by atoms with Crippen LogP contribution in [-0.2, 0) is 4.79 Å². The molecule has 0 aliphatic carbocycles. The first-order valence-electron chi connectivity index (χ1n) is 6.05. The lowest BCUT2D eigenvalue weighted by Crippen LogP contribution is -2.39. The molecule has 0 saturated carbocycles. The summed E-state index contributed by atoms with van der Waals surface area (Å²) in [5.41, 5.74) is 0. The van der Waals surface area contributed by atoms with Crippen molar-refractivity contribution in [2.24, 2.45) is 5.92 Å². The highest BCUT2D eigenvalue weighted by Gasteiger charge is 2.22. The van der Waals surface area contributed by atoms with Gasteiger partial charge in [-0.2, -0.15) is 0 Å². The summed E-state index contributed by atoms with van der Waals surface area (Å²) in [4.78, 5) is 13.7. The van der Waals surface area contributed by atoms with Crippen molar-refractivity contribution < 1.29 is 9.21 Å². The maximum absolute atomic E-state index is 11.9. The zero-order chi connectivity index (χ0) is 13.7. The van der Waals surface area contributed by atoms with Crippen molar-refractivity contribution in [3.8, 4) is 0 Å². The molecule has 18 heavy (non-hydrogen) atoms. The van der Waals surface area contributed by atoms with Crippen LogP contribution < -0.4 is 5.32 Å². The van der Waals surface area contributed by atoms with Crippen LogP contribution in [0.5, 0.6) is 0 Å². The zero-order valence-electron chi connectivity index (χ0n) is 11.3. The summed E-state index contributed by atoms with van der Waals surface area (Å²) in [6.07, 6.45) is 1.65. The van der Waals surface area contributed by atoms with Crippen molar-refractivity contribution in [1.82, 2.24) is 10.2 Å². The van der Waals surface area contributed by atoms with Gasteiger partial charge in [0.15, 0.2) is 0 Å². The number of alkyl halides is 1. The third kappa shape index (κ3) is 4.14. The Labute approximate surface area is 117 Å². The van der Waals surface area contributed by atoms with Crippen molar-refractivity contribution in [3.05, 3.63) is 24.2 Å². The van der Waals surface area contributed by atoms with Gasteiger partial charge in [-0.25, -0.2) is 0 Å². The number of rotatable bonds is 6. The van der Waals surface area contributed by atoms with Gasteiger partial charge in [-0.05, 0) is 32.1 Å². The number of nitrogens with zero attached hydrogens (tertiary/aromatic N) is 1. The van der Waals surface area contributed by atoms with Gasteiger partial charge in [0.1, 0.15) is 5.76 Å². The van der Waals surface area contributed by atoms with E-state index in [4.69, 9.17) is 4.42 Å². The molecule has 1 amide bonds. The first kappa shape index (κ1) is 15.2. The summed E-state index contributed by atoms with van der Waals surface area (Å²) in [6, 6.07) is 3.83. The number of likely N-dealkylation sites (N-methyl/N-ethyl adjacent to an activating group) is 1. The van der Waals surface area contributed by atoms with Crippen LogP contribution in [0.3, 0.4) is 0 Å². The number of hydrogen-bond acceptors (Lipinski definition) is 3. The number of halogens is 1. The number of carbonyl (C=O) groups is 1. The number of furan rings is 1. The Hall–Kier alpha value is -0.810. The van der Waals surface area contributed by atoms with Gasteiger partial charge < -0.3 is 9.73 Å². The summed E-state index contributed by atoms with van der Waals surface area (Å²) in [7, 11) is 3.93. The van der Waals surface area contributed by atoms with Crippen LogP contribution in [0.1, 0.15) is 25.6 Å². The van der Waals surface area contributed by atoms with Crippen LogP contribution in [0.25, 0.3) is 0 Å². The smallest absolute Gasteiger partial charge is 0.234 e. The van der Waals surface area contributed by atoms with E-state index >= 15 is 0 Å². The molecule has 0 aliphatic heterocycles. The van der Waals surface area contributed by atoms with E-state index in [0.29, 0.717) is 6.54 Å². The predicted octanol–water partition coefficient (Wildman–Crippen LogP) is 2.42. The molecule has 102 valence electrons. The van der Waals surface area contributed by atoms with Crippen molar-refractivity contribution in [2.75, 3.05) is 20.6 Å². The summed E-state index contributed by atoms with van der Waals surface area (Å²) < 4.78 is 5.39. The Morgan fingerprint density at radius 1 is 1.50 bits per heavy atom. The fourth-order valence-corrected chi connectivity index (χ4v) is 1.78. The van der Waals surface area contributed by atoms with Crippen LogP contribution in [0.4, 0.5) is 0 Å². The monoisotopic (exact) mass is 316 g/mol. The Kier molecular flexibility index (Phi) is 5.88. The molecule has 1 rings (SSSR count). The quantitative estimate of drug-likeness (QED) is 0.820. The van der Waals surface area contributed by atoms with Crippen molar-refractivity contribution in [2.45, 2.75) is 24.7 Å². The van der Waals surface area contributed by atoms with Gasteiger partial charge in [-0.3, -0.25) is 9.69 Å². The second-order valence-electron chi connectivity index (χ2n) is 4.89. The van der Waals surface area contributed by atoms with Crippen LogP contribution in [-0.4, -0.2) is 36.3 Å². The minimum absolute atomic E-state index is 0.0170. The van der Waals surface area contributed by atoms with E-state index in [9.17, 15) is 4.79 Å². The summed E-state index contributed by atoms with van der Waals surface area (Å²) >= 11 is 3.39. The van der Waals surface area contributed by atoms with E-state index in [0.717, 1.165) is 5.76 Å². The molecule has 5 heteroatoms. The fourth-order valence-electron chi connectivity index (χ4n) is 1.62. The van der Waals surface area contributed by atoms with Gasteiger partial charge in [-0.15, -0.1) is 0 Å². The van der Waals surface area contributed by atoms with Gasteiger partial charge in [0.2, 0.25) is 5.91 Å². The van der Waals surface area contributed by atoms with E-state index in [2.05, 4.69) is 21.2 Å². The second kappa shape index (κ2) is 6.95. The third-order valence-corrected chi connectivity index (χ3v) is 4.27. The van der Waals surface area contributed by atoms with Gasteiger partial charge in [0.05, 0.1) is 17.1 Å². The second-order valence-corrected chi connectivity index (χ2v) is 5.87. The van der Waals surface area contributed by atoms with Crippen LogP contribution in [0.15, 0.2) is 22.8 Å². The molecule has 0 aliphatic rings. The molecule has 0 saturated heterocycles. The van der Waals surface area contributed by atoms with E-state index in [1.165, 1.54) is 0 Å². The molecule has 0 aromatic carbocycles. The SMILES string of the molecule is CC(C)C(Br)C(=O)NCC(c1ccco1)N(C)C. The summed E-state index contributed by atoms with van der Waals surface area (Å²) in [5.74, 6) is 1.14. The zero-order valence-corrected chi connectivity index (χ0v) is 12.9. The van der Waals surface area contributed by atoms with Gasteiger partial charge in [-0.1, -0.05) is 29.8 Å².